The summed E-state index contributed by atoms with van der Waals surface area (Å²) in [7, 11) is 1.55. The van der Waals surface area contributed by atoms with E-state index in [2.05, 4.69) is 0 Å². The summed E-state index contributed by atoms with van der Waals surface area (Å²) in [5.74, 6) is 0.469. The average Bonchev–Trinajstić information content (AvgIpc) is 3.02. The van der Waals surface area contributed by atoms with Crippen LogP contribution in [0, 0.1) is 5.92 Å². The van der Waals surface area contributed by atoms with Gasteiger partial charge in [-0.2, -0.15) is 0 Å². The second-order valence-corrected chi connectivity index (χ2v) is 9.05. The van der Waals surface area contributed by atoms with Gasteiger partial charge in [0.15, 0.2) is 0 Å². The minimum absolute atomic E-state index is 0.102. The molecule has 0 aliphatic carbocycles. The first kappa shape index (κ1) is 32.1. The van der Waals surface area contributed by atoms with Gasteiger partial charge in [0.05, 0.1) is 50.6 Å². The van der Waals surface area contributed by atoms with Crippen LogP contribution in [-0.2, 0) is 19.0 Å². The predicted octanol–water partition coefficient (Wildman–Crippen LogP) is 5.13. The number of hydrogen-bond acceptors (Lipinski definition) is 10. The van der Waals surface area contributed by atoms with Crippen molar-refractivity contribution in [3.63, 3.8) is 0 Å². The summed E-state index contributed by atoms with van der Waals surface area (Å²) >= 11 is 0. The topological polar surface area (TPSA) is 116 Å². The van der Waals surface area contributed by atoms with Crippen LogP contribution in [0.4, 0.5) is 0 Å². The number of hydrogen-bond donors (Lipinski definition) is 0. The highest BCUT2D eigenvalue weighted by molar-refractivity contribution is 5.92. The molecule has 0 saturated carbocycles. The van der Waals surface area contributed by atoms with Gasteiger partial charge >= 0.3 is 17.9 Å². The van der Waals surface area contributed by atoms with E-state index in [9.17, 15) is 14.4 Å². The lowest BCUT2D eigenvalue weighted by Crippen LogP contribution is -2.18. The van der Waals surface area contributed by atoms with Gasteiger partial charge in [-0.3, -0.25) is 4.79 Å². The highest BCUT2D eigenvalue weighted by Crippen LogP contribution is 2.21. The van der Waals surface area contributed by atoms with E-state index in [0.717, 1.165) is 6.42 Å². The normalized spacial score (nSPS) is 11.3. The van der Waals surface area contributed by atoms with Crippen molar-refractivity contribution in [3.05, 3.63) is 83.9 Å². The molecule has 224 valence electrons. The molecule has 1 unspecified atom stereocenters. The summed E-state index contributed by atoms with van der Waals surface area (Å²) < 4.78 is 37.4. The fourth-order valence-corrected chi connectivity index (χ4v) is 3.37. The zero-order valence-corrected chi connectivity index (χ0v) is 24.0. The number of rotatable bonds is 17. The van der Waals surface area contributed by atoms with Crippen LogP contribution in [0.2, 0.25) is 0 Å². The van der Waals surface area contributed by atoms with Crippen molar-refractivity contribution in [2.75, 3.05) is 46.8 Å². The molecule has 10 nitrogen and oxygen atoms in total. The van der Waals surface area contributed by atoms with Crippen LogP contribution < -0.4 is 18.9 Å². The Morgan fingerprint density at radius 1 is 0.595 bits per heavy atom. The van der Waals surface area contributed by atoms with Gasteiger partial charge in [-0.1, -0.05) is 13.8 Å². The molecule has 3 aromatic rings. The van der Waals surface area contributed by atoms with Crippen molar-refractivity contribution in [2.45, 2.75) is 20.3 Å². The Labute approximate surface area is 245 Å². The maximum Gasteiger partial charge on any atom is 0.343 e. The largest absolute Gasteiger partial charge is 0.497 e. The van der Waals surface area contributed by atoms with Crippen LogP contribution in [0.25, 0.3) is 0 Å². The molecule has 3 rings (SSSR count). The highest BCUT2D eigenvalue weighted by Gasteiger charge is 2.12. The maximum atomic E-state index is 12.5. The molecule has 0 spiro atoms. The first-order valence-corrected chi connectivity index (χ1v) is 13.6. The van der Waals surface area contributed by atoms with Gasteiger partial charge in [-0.25, -0.2) is 9.59 Å². The van der Waals surface area contributed by atoms with E-state index in [1.165, 1.54) is 0 Å². The summed E-state index contributed by atoms with van der Waals surface area (Å²) in [6.45, 7) is 5.78. The Morgan fingerprint density at radius 3 is 1.50 bits per heavy atom. The molecule has 0 fully saturated rings. The second kappa shape index (κ2) is 17.4. The molecule has 10 heteroatoms. The number of carbonyl (C=O) groups is 3. The van der Waals surface area contributed by atoms with Gasteiger partial charge < -0.3 is 33.2 Å². The van der Waals surface area contributed by atoms with Gasteiger partial charge in [0.2, 0.25) is 0 Å². The van der Waals surface area contributed by atoms with E-state index < -0.39 is 11.9 Å². The Bertz CT molecular complexity index is 1250. The third kappa shape index (κ3) is 10.9. The number of benzene rings is 3. The van der Waals surface area contributed by atoms with Crippen LogP contribution in [-0.4, -0.2) is 64.7 Å². The molecule has 0 aliphatic heterocycles. The van der Waals surface area contributed by atoms with Gasteiger partial charge in [-0.15, -0.1) is 0 Å². The van der Waals surface area contributed by atoms with Crippen LogP contribution in [0.15, 0.2) is 72.8 Å². The predicted molar refractivity (Wildman–Crippen MR) is 153 cm³/mol. The molecular weight excluding hydrogens is 544 g/mol. The summed E-state index contributed by atoms with van der Waals surface area (Å²) in [5.41, 5.74) is 0.728. The SMILES string of the molecule is CCC(C)C(=O)OCCOCCOCCOc1ccc(C(=O)Oc2ccc(OC(=O)c3ccc(OC)cc3)cc2)cc1. The molecule has 1 atom stereocenters. The van der Waals surface area contributed by atoms with Crippen molar-refractivity contribution < 1.29 is 47.5 Å². The van der Waals surface area contributed by atoms with Crippen molar-refractivity contribution in [1.29, 1.82) is 0 Å². The monoisotopic (exact) mass is 580 g/mol. The van der Waals surface area contributed by atoms with Gasteiger partial charge in [0.25, 0.3) is 0 Å². The number of carbonyl (C=O) groups excluding carboxylic acids is 3. The number of ether oxygens (including phenoxy) is 7. The second-order valence-electron chi connectivity index (χ2n) is 9.05. The van der Waals surface area contributed by atoms with E-state index in [4.69, 9.17) is 33.2 Å². The van der Waals surface area contributed by atoms with Crippen molar-refractivity contribution in [1.82, 2.24) is 0 Å². The first-order valence-electron chi connectivity index (χ1n) is 13.6. The molecular formula is C32H36O10. The zero-order valence-electron chi connectivity index (χ0n) is 24.0. The molecule has 0 saturated heterocycles. The minimum Gasteiger partial charge on any atom is -0.497 e. The van der Waals surface area contributed by atoms with Crippen LogP contribution in [0.1, 0.15) is 41.0 Å². The molecule has 0 aliphatic rings. The third-order valence-electron chi connectivity index (χ3n) is 6.02. The fraction of sp³-hybridized carbons (Fsp3) is 0.344. The Hall–Kier alpha value is -4.41. The molecule has 0 N–H and O–H groups in total. The van der Waals surface area contributed by atoms with E-state index in [1.54, 1.807) is 79.9 Å². The molecule has 0 amide bonds. The van der Waals surface area contributed by atoms with Crippen LogP contribution in [0.3, 0.4) is 0 Å². The maximum absolute atomic E-state index is 12.5. The van der Waals surface area contributed by atoms with Gasteiger partial charge in [0.1, 0.15) is 36.2 Å². The number of methoxy groups -OCH3 is 1. The summed E-state index contributed by atoms with van der Waals surface area (Å²) in [6, 6.07) is 19.3. The van der Waals surface area contributed by atoms with Gasteiger partial charge in [-0.05, 0) is 79.2 Å². The molecule has 3 aromatic carbocycles. The lowest BCUT2D eigenvalue weighted by atomic mass is 10.1. The average molecular weight is 581 g/mol. The zero-order chi connectivity index (χ0) is 30.2. The van der Waals surface area contributed by atoms with E-state index in [-0.39, 0.29) is 18.5 Å². The lowest BCUT2D eigenvalue weighted by Gasteiger charge is -2.10. The van der Waals surface area contributed by atoms with Crippen molar-refractivity contribution in [3.8, 4) is 23.0 Å². The van der Waals surface area contributed by atoms with E-state index >= 15 is 0 Å². The fourth-order valence-electron chi connectivity index (χ4n) is 3.37. The summed E-state index contributed by atoms with van der Waals surface area (Å²) in [5, 5.41) is 0. The molecule has 0 bridgehead atoms. The Kier molecular flexibility index (Phi) is 13.3. The standard InChI is InChI=1S/C32H36O10/c1-4-23(2)30(33)40-22-20-38-18-17-37-19-21-39-27-11-7-25(8-12-27)32(35)42-29-15-13-28(14-16-29)41-31(34)24-5-9-26(36-3)10-6-24/h5-16,23H,4,17-22H2,1-3H3. The minimum atomic E-state index is -0.539. The Balaban J connectivity index is 1.30. The molecule has 0 aromatic heterocycles. The quantitative estimate of drug-likeness (QED) is 0.121. The lowest BCUT2D eigenvalue weighted by molar-refractivity contribution is -0.149. The summed E-state index contributed by atoms with van der Waals surface area (Å²) in [4.78, 5) is 36.4. The van der Waals surface area contributed by atoms with E-state index in [0.29, 0.717) is 67.2 Å². The molecule has 42 heavy (non-hydrogen) atoms. The summed E-state index contributed by atoms with van der Waals surface area (Å²) in [6.07, 6.45) is 0.747. The smallest absolute Gasteiger partial charge is 0.343 e. The van der Waals surface area contributed by atoms with Crippen LogP contribution >= 0.6 is 0 Å². The van der Waals surface area contributed by atoms with E-state index in [1.807, 2.05) is 13.8 Å². The van der Waals surface area contributed by atoms with Crippen molar-refractivity contribution >= 4 is 17.9 Å². The molecule has 0 heterocycles. The number of esters is 3. The Morgan fingerprint density at radius 2 is 1.02 bits per heavy atom. The van der Waals surface area contributed by atoms with Crippen molar-refractivity contribution in [2.24, 2.45) is 5.92 Å². The highest BCUT2D eigenvalue weighted by atomic mass is 16.6. The molecule has 0 radical (unpaired) electrons. The third-order valence-corrected chi connectivity index (χ3v) is 6.02. The van der Waals surface area contributed by atoms with Crippen LogP contribution in [0.5, 0.6) is 23.0 Å². The first-order chi connectivity index (χ1) is 20.4. The van der Waals surface area contributed by atoms with Gasteiger partial charge in [0, 0.05) is 0 Å².